The summed E-state index contributed by atoms with van der Waals surface area (Å²) in [5, 5.41) is 2.92. The van der Waals surface area contributed by atoms with Gasteiger partial charge in [0.15, 0.2) is 0 Å². The number of rotatable bonds is 6. The van der Waals surface area contributed by atoms with Crippen molar-refractivity contribution < 1.29 is 9.53 Å². The highest BCUT2D eigenvalue weighted by Crippen LogP contribution is 2.19. The van der Waals surface area contributed by atoms with E-state index in [9.17, 15) is 4.79 Å². The predicted molar refractivity (Wildman–Crippen MR) is 95.1 cm³/mol. The summed E-state index contributed by atoms with van der Waals surface area (Å²) in [5.41, 5.74) is 2.78. The van der Waals surface area contributed by atoms with Gasteiger partial charge < -0.3 is 10.1 Å². The Hall–Kier alpha value is -3.15. The quantitative estimate of drug-likeness (QED) is 0.751. The van der Waals surface area contributed by atoms with Gasteiger partial charge in [-0.3, -0.25) is 9.36 Å². The lowest BCUT2D eigenvalue weighted by Gasteiger charge is -2.10. The molecule has 0 aliphatic rings. The molecule has 1 N–H and O–H groups in total. The number of amides is 1. The summed E-state index contributed by atoms with van der Waals surface area (Å²) in [4.78, 5) is 20.5. The third-order valence-electron chi connectivity index (χ3n) is 3.89. The van der Waals surface area contributed by atoms with Crippen LogP contribution >= 0.6 is 0 Å². The molecule has 0 bridgehead atoms. The third kappa shape index (κ3) is 4.03. The highest BCUT2D eigenvalue weighted by atomic mass is 16.5. The van der Waals surface area contributed by atoms with Gasteiger partial charge in [0.25, 0.3) is 5.91 Å². The monoisotopic (exact) mass is 336 g/mol. The molecule has 0 fully saturated rings. The summed E-state index contributed by atoms with van der Waals surface area (Å²) in [7, 11) is 1.65. The molecule has 2 aromatic heterocycles. The van der Waals surface area contributed by atoms with Crippen molar-refractivity contribution >= 4 is 5.91 Å². The molecule has 0 radical (unpaired) electrons. The first-order chi connectivity index (χ1) is 12.2. The zero-order chi connectivity index (χ0) is 17.6. The molecule has 0 unspecified atom stereocenters. The van der Waals surface area contributed by atoms with Gasteiger partial charge in [0.05, 0.1) is 12.7 Å². The van der Waals surface area contributed by atoms with Crippen LogP contribution in [0, 0.1) is 6.92 Å². The number of carbonyl (C=O) groups is 1. The maximum Gasteiger partial charge on any atom is 0.252 e. The van der Waals surface area contributed by atoms with Gasteiger partial charge in [0, 0.05) is 25.1 Å². The second-order valence-corrected chi connectivity index (χ2v) is 5.70. The van der Waals surface area contributed by atoms with Crippen LogP contribution < -0.4 is 10.1 Å². The van der Waals surface area contributed by atoms with Gasteiger partial charge in [-0.15, -0.1) is 0 Å². The number of imidazole rings is 1. The van der Waals surface area contributed by atoms with E-state index in [4.69, 9.17) is 4.74 Å². The van der Waals surface area contributed by atoms with Crippen molar-refractivity contribution in [1.82, 2.24) is 19.9 Å². The topological polar surface area (TPSA) is 69.0 Å². The van der Waals surface area contributed by atoms with Gasteiger partial charge in [-0.25, -0.2) is 9.97 Å². The first kappa shape index (κ1) is 16.7. The normalized spacial score (nSPS) is 10.5. The van der Waals surface area contributed by atoms with Crippen molar-refractivity contribution in [2.24, 2.45) is 0 Å². The lowest BCUT2D eigenvalue weighted by molar-refractivity contribution is 0.0953. The Labute approximate surface area is 146 Å². The van der Waals surface area contributed by atoms with Gasteiger partial charge in [-0.05, 0) is 37.1 Å². The lowest BCUT2D eigenvalue weighted by Crippen LogP contribution is -2.26. The standard InChI is InChI=1S/C19H20N4O2/c1-14-3-5-17(25-2)15(11-14)7-8-21-19(24)16-4-6-18(22-12-16)23-10-9-20-13-23/h3-6,9-13H,7-8H2,1-2H3,(H,21,24). The Kier molecular flexibility index (Phi) is 5.09. The number of methoxy groups -OCH3 is 1. The van der Waals surface area contributed by atoms with Crippen LogP contribution in [0.15, 0.2) is 55.2 Å². The summed E-state index contributed by atoms with van der Waals surface area (Å²) in [6.07, 6.45) is 7.42. The van der Waals surface area contributed by atoms with Crippen LogP contribution in [0.2, 0.25) is 0 Å². The maximum atomic E-state index is 12.3. The molecule has 6 heteroatoms. The van der Waals surface area contributed by atoms with E-state index in [1.807, 2.05) is 19.1 Å². The minimum atomic E-state index is -0.142. The predicted octanol–water partition coefficient (Wildman–Crippen LogP) is 2.56. The van der Waals surface area contributed by atoms with Crippen molar-refractivity contribution in [3.05, 3.63) is 71.9 Å². The molecule has 6 nitrogen and oxygen atoms in total. The van der Waals surface area contributed by atoms with Gasteiger partial charge >= 0.3 is 0 Å². The highest BCUT2D eigenvalue weighted by Gasteiger charge is 2.08. The number of pyridine rings is 1. The molecule has 2 heterocycles. The average Bonchev–Trinajstić information content (AvgIpc) is 3.17. The van der Waals surface area contributed by atoms with Crippen LogP contribution in [0.5, 0.6) is 5.75 Å². The molecule has 0 saturated heterocycles. The summed E-state index contributed by atoms with van der Waals surface area (Å²) >= 11 is 0. The van der Waals surface area contributed by atoms with E-state index in [1.165, 1.54) is 5.56 Å². The van der Waals surface area contributed by atoms with Gasteiger partial charge in [-0.1, -0.05) is 17.7 Å². The van der Waals surface area contributed by atoms with E-state index in [-0.39, 0.29) is 5.91 Å². The first-order valence-corrected chi connectivity index (χ1v) is 8.03. The Morgan fingerprint density at radius 1 is 1.28 bits per heavy atom. The highest BCUT2D eigenvalue weighted by molar-refractivity contribution is 5.93. The largest absolute Gasteiger partial charge is 0.496 e. The fourth-order valence-corrected chi connectivity index (χ4v) is 2.58. The van der Waals surface area contributed by atoms with Crippen LogP contribution in [0.3, 0.4) is 0 Å². The van der Waals surface area contributed by atoms with E-state index in [0.717, 1.165) is 17.1 Å². The van der Waals surface area contributed by atoms with E-state index >= 15 is 0 Å². The second kappa shape index (κ2) is 7.61. The number of benzene rings is 1. The SMILES string of the molecule is COc1ccc(C)cc1CCNC(=O)c1ccc(-n2ccnc2)nc1. The Balaban J connectivity index is 1.59. The molecular formula is C19H20N4O2. The molecular weight excluding hydrogens is 316 g/mol. The van der Waals surface area contributed by atoms with Crippen molar-refractivity contribution in [3.63, 3.8) is 0 Å². The molecule has 3 aromatic rings. The fourth-order valence-electron chi connectivity index (χ4n) is 2.58. The number of carbonyl (C=O) groups excluding carboxylic acids is 1. The minimum Gasteiger partial charge on any atom is -0.496 e. The lowest BCUT2D eigenvalue weighted by atomic mass is 10.1. The molecule has 1 amide bonds. The number of hydrogen-bond acceptors (Lipinski definition) is 4. The van der Waals surface area contributed by atoms with E-state index in [1.54, 1.807) is 48.7 Å². The Bertz CT molecular complexity index is 842. The fraction of sp³-hybridized carbons (Fsp3) is 0.211. The summed E-state index contributed by atoms with van der Waals surface area (Å²) in [6.45, 7) is 2.57. The molecule has 1 aromatic carbocycles. The minimum absolute atomic E-state index is 0.142. The average molecular weight is 336 g/mol. The molecule has 0 saturated carbocycles. The second-order valence-electron chi connectivity index (χ2n) is 5.70. The van der Waals surface area contributed by atoms with Crippen molar-refractivity contribution in [1.29, 1.82) is 0 Å². The molecule has 0 spiro atoms. The van der Waals surface area contributed by atoms with E-state index < -0.39 is 0 Å². The number of aromatic nitrogens is 3. The van der Waals surface area contributed by atoms with Crippen LogP contribution in [0.25, 0.3) is 5.82 Å². The smallest absolute Gasteiger partial charge is 0.252 e. The van der Waals surface area contributed by atoms with Crippen LogP contribution in [0.1, 0.15) is 21.5 Å². The zero-order valence-corrected chi connectivity index (χ0v) is 14.3. The maximum absolute atomic E-state index is 12.3. The number of ether oxygens (including phenoxy) is 1. The van der Waals surface area contributed by atoms with Crippen LogP contribution in [-0.2, 0) is 6.42 Å². The van der Waals surface area contributed by atoms with Crippen molar-refractivity contribution in [3.8, 4) is 11.6 Å². The van der Waals surface area contributed by atoms with Crippen molar-refractivity contribution in [2.75, 3.05) is 13.7 Å². The summed E-state index contributed by atoms with van der Waals surface area (Å²) in [6, 6.07) is 9.58. The van der Waals surface area contributed by atoms with Crippen LogP contribution in [0.4, 0.5) is 0 Å². The number of nitrogens with zero attached hydrogens (tertiary/aromatic N) is 3. The summed E-state index contributed by atoms with van der Waals surface area (Å²) < 4.78 is 7.14. The molecule has 0 aliphatic heterocycles. The van der Waals surface area contributed by atoms with Gasteiger partial charge in [-0.2, -0.15) is 0 Å². The molecule has 128 valence electrons. The Morgan fingerprint density at radius 2 is 2.16 bits per heavy atom. The van der Waals surface area contributed by atoms with E-state index in [2.05, 4.69) is 21.4 Å². The number of aryl methyl sites for hydroxylation is 1. The zero-order valence-electron chi connectivity index (χ0n) is 14.3. The first-order valence-electron chi connectivity index (χ1n) is 8.03. The third-order valence-corrected chi connectivity index (χ3v) is 3.89. The number of nitrogens with one attached hydrogen (secondary N) is 1. The summed E-state index contributed by atoms with van der Waals surface area (Å²) in [5.74, 6) is 1.42. The molecule has 0 aliphatic carbocycles. The molecule has 0 atom stereocenters. The van der Waals surface area contributed by atoms with Gasteiger partial charge in [0.2, 0.25) is 0 Å². The van der Waals surface area contributed by atoms with Crippen molar-refractivity contribution in [2.45, 2.75) is 13.3 Å². The molecule has 25 heavy (non-hydrogen) atoms. The van der Waals surface area contributed by atoms with E-state index in [0.29, 0.717) is 18.5 Å². The molecule has 3 rings (SSSR count). The number of hydrogen-bond donors (Lipinski definition) is 1. The Morgan fingerprint density at radius 3 is 2.84 bits per heavy atom. The van der Waals surface area contributed by atoms with Crippen LogP contribution in [-0.4, -0.2) is 34.1 Å². The van der Waals surface area contributed by atoms with Gasteiger partial charge in [0.1, 0.15) is 17.9 Å².